The highest BCUT2D eigenvalue weighted by atomic mass is 35.5. The number of carbonyl (C=O) groups excluding carboxylic acids is 1. The first-order chi connectivity index (χ1) is 12.1. The highest BCUT2D eigenvalue weighted by molar-refractivity contribution is 7.86. The first-order valence-corrected chi connectivity index (χ1v) is 10.9. The molecular formula is C18H26ClNO5S. The molecule has 26 heavy (non-hydrogen) atoms. The molecule has 1 fully saturated rings. The molecule has 1 saturated heterocycles. The van der Waals surface area contributed by atoms with E-state index in [1.54, 1.807) is 17.0 Å². The predicted octanol–water partition coefficient (Wildman–Crippen LogP) is 3.23. The van der Waals surface area contributed by atoms with E-state index in [-0.39, 0.29) is 30.2 Å². The van der Waals surface area contributed by atoms with E-state index < -0.39 is 10.1 Å². The quantitative estimate of drug-likeness (QED) is 0.623. The third-order valence-corrected chi connectivity index (χ3v) is 4.73. The Bertz CT molecular complexity index is 729. The molecule has 1 aromatic carbocycles. The van der Waals surface area contributed by atoms with Crippen molar-refractivity contribution in [3.8, 4) is 5.75 Å². The zero-order valence-corrected chi connectivity index (χ0v) is 17.0. The van der Waals surface area contributed by atoms with E-state index in [1.807, 2.05) is 13.8 Å². The van der Waals surface area contributed by atoms with Gasteiger partial charge in [0.15, 0.2) is 0 Å². The van der Waals surface area contributed by atoms with E-state index in [0.29, 0.717) is 30.2 Å². The van der Waals surface area contributed by atoms with Gasteiger partial charge in [0.25, 0.3) is 0 Å². The van der Waals surface area contributed by atoms with Gasteiger partial charge < -0.3 is 13.8 Å². The van der Waals surface area contributed by atoms with Gasteiger partial charge in [-0.25, -0.2) is 0 Å². The number of nitrogens with zero attached hydrogens (tertiary/aromatic N) is 1. The van der Waals surface area contributed by atoms with E-state index in [0.717, 1.165) is 19.1 Å². The molecule has 1 aromatic rings. The molecule has 1 atom stereocenters. The van der Waals surface area contributed by atoms with Crippen molar-refractivity contribution in [2.45, 2.75) is 45.8 Å². The van der Waals surface area contributed by atoms with Crippen molar-refractivity contribution >= 4 is 27.6 Å². The van der Waals surface area contributed by atoms with Gasteiger partial charge in [-0.2, -0.15) is 8.42 Å². The zero-order chi connectivity index (χ0) is 19.3. The van der Waals surface area contributed by atoms with Gasteiger partial charge in [-0.1, -0.05) is 25.4 Å². The van der Waals surface area contributed by atoms with Gasteiger partial charge in [0, 0.05) is 36.7 Å². The summed E-state index contributed by atoms with van der Waals surface area (Å²) in [4.78, 5) is 14.4. The van der Waals surface area contributed by atoms with Crippen LogP contribution in [0.3, 0.4) is 0 Å². The molecule has 0 aliphatic carbocycles. The van der Waals surface area contributed by atoms with Gasteiger partial charge in [-0.3, -0.25) is 4.79 Å². The molecule has 0 saturated carbocycles. The summed E-state index contributed by atoms with van der Waals surface area (Å²) in [7, 11) is -3.68. The number of ether oxygens (including phenoxy) is 1. The molecule has 1 unspecified atom stereocenters. The molecule has 2 rings (SSSR count). The summed E-state index contributed by atoms with van der Waals surface area (Å²) >= 11 is 6.07. The minimum atomic E-state index is -3.68. The molecule has 0 radical (unpaired) electrons. The number of carbonyl (C=O) groups is 1. The fourth-order valence-corrected chi connectivity index (χ4v) is 3.57. The molecule has 1 aliphatic rings. The molecule has 8 heteroatoms. The average molecular weight is 404 g/mol. The van der Waals surface area contributed by atoms with Crippen LogP contribution in [0.25, 0.3) is 0 Å². The molecule has 1 amide bonds. The van der Waals surface area contributed by atoms with E-state index in [2.05, 4.69) is 0 Å². The van der Waals surface area contributed by atoms with Crippen molar-refractivity contribution in [3.05, 3.63) is 28.8 Å². The summed E-state index contributed by atoms with van der Waals surface area (Å²) in [5.74, 6) is 0.410. The van der Waals surface area contributed by atoms with Crippen LogP contribution in [0, 0.1) is 5.92 Å². The van der Waals surface area contributed by atoms with Gasteiger partial charge in [0.05, 0.1) is 12.4 Å². The number of hydrogen-bond acceptors (Lipinski definition) is 5. The van der Waals surface area contributed by atoms with Gasteiger partial charge >= 0.3 is 10.1 Å². The van der Waals surface area contributed by atoms with Crippen LogP contribution in [0.2, 0.25) is 5.02 Å². The number of hydrogen-bond donors (Lipinski definition) is 0. The molecule has 146 valence electrons. The minimum absolute atomic E-state index is 0.000723. The number of halogens is 1. The molecule has 1 aliphatic heterocycles. The zero-order valence-electron chi connectivity index (χ0n) is 15.4. The second-order valence-corrected chi connectivity index (χ2v) is 9.06. The first kappa shape index (κ1) is 21.0. The molecular weight excluding hydrogens is 378 g/mol. The maximum atomic E-state index is 12.7. The lowest BCUT2D eigenvalue weighted by atomic mass is 10.1. The van der Waals surface area contributed by atoms with Crippen LogP contribution in [0.1, 0.15) is 38.7 Å². The van der Waals surface area contributed by atoms with E-state index >= 15 is 0 Å². The Kier molecular flexibility index (Phi) is 7.32. The summed E-state index contributed by atoms with van der Waals surface area (Å²) in [6.45, 7) is 5.36. The van der Waals surface area contributed by atoms with Crippen LogP contribution < -0.4 is 4.18 Å². The standard InChI is InChI=1S/C18H26ClNO5S/c1-13(2)9-18(21)20(12-16-5-4-8-24-16)11-14-10-15(19)6-7-17(14)25-26(3,22)23/h6-7,10,13,16H,4-5,8-9,11-12H2,1-3H3. The SMILES string of the molecule is CC(C)CC(=O)N(Cc1cc(Cl)ccc1OS(C)(=O)=O)CC1CCCO1. The Labute approximate surface area is 160 Å². The molecule has 0 bridgehead atoms. The van der Waals surface area contributed by atoms with Gasteiger partial charge in [-0.05, 0) is 37.0 Å². The second-order valence-electron chi connectivity index (χ2n) is 7.05. The lowest BCUT2D eigenvalue weighted by molar-refractivity contribution is -0.134. The predicted molar refractivity (Wildman–Crippen MR) is 101 cm³/mol. The van der Waals surface area contributed by atoms with Crippen molar-refractivity contribution < 1.29 is 22.1 Å². The van der Waals surface area contributed by atoms with Crippen LogP contribution in [0.5, 0.6) is 5.75 Å². The van der Waals surface area contributed by atoms with Crippen LogP contribution in [-0.2, 0) is 26.2 Å². The average Bonchev–Trinajstić information content (AvgIpc) is 3.00. The fraction of sp³-hybridized carbons (Fsp3) is 0.611. The molecule has 0 spiro atoms. The Morgan fingerprint density at radius 1 is 1.42 bits per heavy atom. The smallest absolute Gasteiger partial charge is 0.306 e. The lowest BCUT2D eigenvalue weighted by Gasteiger charge is -2.27. The summed E-state index contributed by atoms with van der Waals surface area (Å²) in [6.07, 6.45) is 3.30. The number of amides is 1. The normalized spacial score (nSPS) is 17.5. The van der Waals surface area contributed by atoms with Crippen LogP contribution in [0.4, 0.5) is 0 Å². The van der Waals surface area contributed by atoms with Crippen molar-refractivity contribution in [2.24, 2.45) is 5.92 Å². The maximum Gasteiger partial charge on any atom is 0.306 e. The van der Waals surface area contributed by atoms with Crippen molar-refractivity contribution in [1.29, 1.82) is 0 Å². The summed E-state index contributed by atoms with van der Waals surface area (Å²) < 4.78 is 33.8. The lowest BCUT2D eigenvalue weighted by Crippen LogP contribution is -2.37. The summed E-state index contributed by atoms with van der Waals surface area (Å²) in [5, 5.41) is 0.453. The van der Waals surface area contributed by atoms with Crippen molar-refractivity contribution in [1.82, 2.24) is 4.90 Å². The van der Waals surface area contributed by atoms with Crippen molar-refractivity contribution in [2.75, 3.05) is 19.4 Å². The number of benzene rings is 1. The highest BCUT2D eigenvalue weighted by Crippen LogP contribution is 2.27. The molecule has 6 nitrogen and oxygen atoms in total. The Morgan fingerprint density at radius 2 is 2.15 bits per heavy atom. The monoisotopic (exact) mass is 403 g/mol. The summed E-state index contributed by atoms with van der Waals surface area (Å²) in [6, 6.07) is 4.70. The third kappa shape index (κ3) is 6.78. The Hall–Kier alpha value is -1.31. The molecule has 0 aromatic heterocycles. The molecule has 0 N–H and O–H groups in total. The Balaban J connectivity index is 2.25. The van der Waals surface area contributed by atoms with Gasteiger partial charge in [-0.15, -0.1) is 0 Å². The van der Waals surface area contributed by atoms with E-state index in [9.17, 15) is 13.2 Å². The third-order valence-electron chi connectivity index (χ3n) is 4.01. The molecule has 1 heterocycles. The largest absolute Gasteiger partial charge is 0.382 e. The minimum Gasteiger partial charge on any atom is -0.382 e. The maximum absolute atomic E-state index is 12.7. The fourth-order valence-electron chi connectivity index (χ4n) is 2.89. The number of rotatable bonds is 8. The van der Waals surface area contributed by atoms with E-state index in [1.165, 1.54) is 6.07 Å². The topological polar surface area (TPSA) is 72.9 Å². The second kappa shape index (κ2) is 9.06. The van der Waals surface area contributed by atoms with Crippen LogP contribution in [0.15, 0.2) is 18.2 Å². The van der Waals surface area contributed by atoms with Gasteiger partial charge in [0.1, 0.15) is 5.75 Å². The van der Waals surface area contributed by atoms with E-state index in [4.69, 9.17) is 20.5 Å². The highest BCUT2D eigenvalue weighted by Gasteiger charge is 2.24. The Morgan fingerprint density at radius 3 is 2.73 bits per heavy atom. The van der Waals surface area contributed by atoms with Crippen molar-refractivity contribution in [3.63, 3.8) is 0 Å². The van der Waals surface area contributed by atoms with Gasteiger partial charge in [0.2, 0.25) is 5.91 Å². The first-order valence-electron chi connectivity index (χ1n) is 8.71. The van der Waals surface area contributed by atoms with Crippen LogP contribution in [-0.4, -0.2) is 44.7 Å². The van der Waals surface area contributed by atoms with Crippen LogP contribution >= 0.6 is 11.6 Å². The summed E-state index contributed by atoms with van der Waals surface area (Å²) in [5.41, 5.74) is 0.554.